The molecule has 0 saturated carbocycles. The third kappa shape index (κ3) is 4.82. The first-order chi connectivity index (χ1) is 9.99. The highest BCUT2D eigenvalue weighted by Crippen LogP contribution is 2.26. The first-order valence-corrected chi connectivity index (χ1v) is 7.08. The van der Waals surface area contributed by atoms with Crippen LogP contribution in [0.2, 0.25) is 0 Å². The minimum absolute atomic E-state index is 0.371. The number of anilines is 1. The van der Waals surface area contributed by atoms with Crippen molar-refractivity contribution in [1.29, 1.82) is 0 Å². The van der Waals surface area contributed by atoms with Gasteiger partial charge >= 0.3 is 6.18 Å². The highest BCUT2D eigenvalue weighted by atomic mass is 19.4. The fraction of sp³-hybridized carbons (Fsp3) is 0.692. The lowest BCUT2D eigenvalue weighted by atomic mass is 10.3. The second-order valence-corrected chi connectivity index (χ2v) is 5.00. The summed E-state index contributed by atoms with van der Waals surface area (Å²) in [5.41, 5.74) is -0.969. The fourth-order valence-electron chi connectivity index (χ4n) is 2.25. The maximum Gasteiger partial charge on any atom is 0.435 e. The summed E-state index contributed by atoms with van der Waals surface area (Å²) in [7, 11) is 0. The standard InChI is InChI=1S/C13H20F3N5/c1-2-20-7-9-21(10-8-20)6-5-17-12-4-3-11(18-19-12)13(14,15)16/h3-4H,2,5-10H2,1H3,(H,17,19). The molecule has 21 heavy (non-hydrogen) atoms. The molecule has 1 aromatic rings. The van der Waals surface area contributed by atoms with Gasteiger partial charge in [0.1, 0.15) is 5.82 Å². The van der Waals surface area contributed by atoms with E-state index in [0.717, 1.165) is 45.3 Å². The largest absolute Gasteiger partial charge is 0.435 e. The minimum Gasteiger partial charge on any atom is -0.367 e. The molecule has 8 heteroatoms. The van der Waals surface area contributed by atoms with E-state index in [-0.39, 0.29) is 0 Å². The number of nitrogens with one attached hydrogen (secondary N) is 1. The molecule has 0 atom stereocenters. The van der Waals surface area contributed by atoms with Gasteiger partial charge in [0.25, 0.3) is 0 Å². The van der Waals surface area contributed by atoms with E-state index < -0.39 is 11.9 Å². The molecule has 0 aliphatic carbocycles. The Kier molecular flexibility index (Phi) is 5.35. The Bertz CT molecular complexity index is 426. The molecule has 1 fully saturated rings. The van der Waals surface area contributed by atoms with Crippen LogP contribution in [0, 0.1) is 0 Å². The number of halogens is 3. The monoisotopic (exact) mass is 303 g/mol. The molecular weight excluding hydrogens is 283 g/mol. The maximum absolute atomic E-state index is 12.3. The number of aromatic nitrogens is 2. The number of likely N-dealkylation sites (N-methyl/N-ethyl adjacent to an activating group) is 1. The number of hydrogen-bond acceptors (Lipinski definition) is 5. The summed E-state index contributed by atoms with van der Waals surface area (Å²) in [6.07, 6.45) is -4.44. The van der Waals surface area contributed by atoms with Crippen LogP contribution in [0.1, 0.15) is 12.6 Å². The van der Waals surface area contributed by atoms with Gasteiger partial charge in [0.2, 0.25) is 0 Å². The molecule has 1 aromatic heterocycles. The molecule has 1 aliphatic rings. The molecule has 0 unspecified atom stereocenters. The average molecular weight is 303 g/mol. The van der Waals surface area contributed by atoms with Crippen LogP contribution < -0.4 is 5.32 Å². The van der Waals surface area contributed by atoms with Crippen molar-refractivity contribution in [1.82, 2.24) is 20.0 Å². The molecule has 0 radical (unpaired) electrons. The van der Waals surface area contributed by atoms with E-state index in [2.05, 4.69) is 32.2 Å². The van der Waals surface area contributed by atoms with Crippen molar-refractivity contribution in [2.75, 3.05) is 51.1 Å². The summed E-state index contributed by atoms with van der Waals surface area (Å²) < 4.78 is 37.0. The van der Waals surface area contributed by atoms with Crippen molar-refractivity contribution in [2.45, 2.75) is 13.1 Å². The van der Waals surface area contributed by atoms with Crippen LogP contribution in [0.25, 0.3) is 0 Å². The zero-order chi connectivity index (χ0) is 15.3. The summed E-state index contributed by atoms with van der Waals surface area (Å²) in [6, 6.07) is 2.25. The Labute approximate surface area is 122 Å². The van der Waals surface area contributed by atoms with Gasteiger partial charge in [-0.15, -0.1) is 10.2 Å². The van der Waals surface area contributed by atoms with Gasteiger partial charge < -0.3 is 10.2 Å². The highest BCUT2D eigenvalue weighted by molar-refractivity contribution is 5.33. The van der Waals surface area contributed by atoms with E-state index >= 15 is 0 Å². The van der Waals surface area contributed by atoms with Crippen molar-refractivity contribution in [3.8, 4) is 0 Å². The Hall–Kier alpha value is -1.41. The van der Waals surface area contributed by atoms with E-state index in [0.29, 0.717) is 12.4 Å². The van der Waals surface area contributed by atoms with E-state index in [9.17, 15) is 13.2 Å². The average Bonchev–Trinajstić information content (AvgIpc) is 2.47. The predicted octanol–water partition coefficient (Wildman–Crippen LogP) is 1.54. The molecule has 2 heterocycles. The third-order valence-corrected chi connectivity index (χ3v) is 3.60. The SMILES string of the molecule is CCN1CCN(CCNc2ccc(C(F)(F)F)nn2)CC1. The normalized spacial score (nSPS) is 17.9. The van der Waals surface area contributed by atoms with Gasteiger partial charge in [-0.2, -0.15) is 13.2 Å². The Morgan fingerprint density at radius 1 is 1.10 bits per heavy atom. The van der Waals surface area contributed by atoms with Crippen molar-refractivity contribution in [3.63, 3.8) is 0 Å². The molecule has 118 valence electrons. The van der Waals surface area contributed by atoms with Crippen LogP contribution in [-0.4, -0.2) is 65.8 Å². The first-order valence-electron chi connectivity index (χ1n) is 7.08. The van der Waals surface area contributed by atoms with Crippen molar-refractivity contribution in [3.05, 3.63) is 17.8 Å². The van der Waals surface area contributed by atoms with Crippen LogP contribution in [-0.2, 0) is 6.18 Å². The molecule has 0 spiro atoms. The zero-order valence-corrected chi connectivity index (χ0v) is 12.0. The summed E-state index contributed by atoms with van der Waals surface area (Å²) >= 11 is 0. The summed E-state index contributed by atoms with van der Waals surface area (Å²) in [4.78, 5) is 4.72. The van der Waals surface area contributed by atoms with Gasteiger partial charge in [0.15, 0.2) is 5.69 Å². The number of rotatable bonds is 5. The van der Waals surface area contributed by atoms with Gasteiger partial charge in [-0.05, 0) is 18.7 Å². The summed E-state index contributed by atoms with van der Waals surface area (Å²) in [5.74, 6) is 0.371. The zero-order valence-electron chi connectivity index (χ0n) is 12.0. The lowest BCUT2D eigenvalue weighted by Crippen LogP contribution is -2.47. The smallest absolute Gasteiger partial charge is 0.367 e. The van der Waals surface area contributed by atoms with Gasteiger partial charge in [0, 0.05) is 39.3 Å². The third-order valence-electron chi connectivity index (χ3n) is 3.60. The minimum atomic E-state index is -4.44. The number of alkyl halides is 3. The lowest BCUT2D eigenvalue weighted by Gasteiger charge is -2.33. The molecule has 0 bridgehead atoms. The Morgan fingerprint density at radius 3 is 2.29 bits per heavy atom. The first kappa shape index (κ1) is 16.0. The Balaban J connectivity index is 1.72. The highest BCUT2D eigenvalue weighted by Gasteiger charge is 2.32. The van der Waals surface area contributed by atoms with E-state index in [4.69, 9.17) is 0 Å². The van der Waals surface area contributed by atoms with Gasteiger partial charge in [-0.25, -0.2) is 0 Å². The summed E-state index contributed by atoms with van der Waals surface area (Å²) in [5, 5.41) is 9.72. The van der Waals surface area contributed by atoms with Gasteiger partial charge in [-0.3, -0.25) is 4.90 Å². The quantitative estimate of drug-likeness (QED) is 0.894. The molecule has 2 rings (SSSR count). The fourth-order valence-corrected chi connectivity index (χ4v) is 2.25. The van der Waals surface area contributed by atoms with Gasteiger partial charge in [-0.1, -0.05) is 6.92 Å². The topological polar surface area (TPSA) is 44.3 Å². The molecule has 5 nitrogen and oxygen atoms in total. The molecule has 1 N–H and O–H groups in total. The van der Waals surface area contributed by atoms with Crippen molar-refractivity contribution < 1.29 is 13.2 Å². The molecule has 0 aromatic carbocycles. The van der Waals surface area contributed by atoms with Crippen LogP contribution in [0.4, 0.5) is 19.0 Å². The number of nitrogens with zero attached hydrogens (tertiary/aromatic N) is 4. The second-order valence-electron chi connectivity index (χ2n) is 5.00. The van der Waals surface area contributed by atoms with E-state index in [1.54, 1.807) is 0 Å². The number of hydrogen-bond donors (Lipinski definition) is 1. The van der Waals surface area contributed by atoms with E-state index in [1.807, 2.05) is 0 Å². The van der Waals surface area contributed by atoms with Crippen LogP contribution in [0.15, 0.2) is 12.1 Å². The van der Waals surface area contributed by atoms with Crippen LogP contribution in [0.5, 0.6) is 0 Å². The predicted molar refractivity (Wildman–Crippen MR) is 74.1 cm³/mol. The van der Waals surface area contributed by atoms with Crippen LogP contribution in [0.3, 0.4) is 0 Å². The molecule has 0 amide bonds. The Morgan fingerprint density at radius 2 is 1.76 bits per heavy atom. The van der Waals surface area contributed by atoms with Crippen molar-refractivity contribution in [2.24, 2.45) is 0 Å². The van der Waals surface area contributed by atoms with Crippen molar-refractivity contribution >= 4 is 5.82 Å². The second kappa shape index (κ2) is 7.04. The maximum atomic E-state index is 12.3. The summed E-state index contributed by atoms with van der Waals surface area (Å²) in [6.45, 7) is 8.90. The van der Waals surface area contributed by atoms with E-state index in [1.165, 1.54) is 6.07 Å². The van der Waals surface area contributed by atoms with Gasteiger partial charge in [0.05, 0.1) is 0 Å². The lowest BCUT2D eigenvalue weighted by molar-refractivity contribution is -0.141. The number of piperazine rings is 1. The molecule has 1 saturated heterocycles. The molecular formula is C13H20F3N5. The van der Waals surface area contributed by atoms with Crippen LogP contribution >= 0.6 is 0 Å². The molecule has 1 aliphatic heterocycles.